The fraction of sp³-hybridized carbons (Fsp3) is 0.364. The van der Waals surface area contributed by atoms with Gasteiger partial charge >= 0.3 is 0 Å². The molecule has 3 nitrogen and oxygen atoms in total. The Kier molecular flexibility index (Phi) is 3.25. The van der Waals surface area contributed by atoms with Crippen LogP contribution in [0.25, 0.3) is 0 Å². The highest BCUT2D eigenvalue weighted by Gasteiger charge is 2.19. The molecule has 0 saturated heterocycles. The van der Waals surface area contributed by atoms with Gasteiger partial charge < -0.3 is 0 Å². The van der Waals surface area contributed by atoms with Gasteiger partial charge in [0.2, 0.25) is 0 Å². The second-order valence-corrected chi connectivity index (χ2v) is 6.49. The summed E-state index contributed by atoms with van der Waals surface area (Å²) in [5.41, 5.74) is 0.0214. The molecule has 0 fully saturated rings. The van der Waals surface area contributed by atoms with Gasteiger partial charge in [0.1, 0.15) is 5.82 Å². The third-order valence-electron chi connectivity index (χ3n) is 1.93. The second-order valence-electron chi connectivity index (χ2n) is 4.42. The molecule has 84 valence electrons. The lowest BCUT2D eigenvalue weighted by Gasteiger charge is -2.12. The van der Waals surface area contributed by atoms with Crippen LogP contribution in [0.2, 0.25) is 0 Å². The highest BCUT2D eigenvalue weighted by atomic mass is 32.2. The van der Waals surface area contributed by atoms with Crippen LogP contribution in [0, 0.1) is 0 Å². The first-order chi connectivity index (χ1) is 7.55. The number of aromatic nitrogens is 3. The first-order valence-corrected chi connectivity index (χ1v) is 6.57. The van der Waals surface area contributed by atoms with Gasteiger partial charge in [-0.2, -0.15) is 4.37 Å². The van der Waals surface area contributed by atoms with E-state index in [2.05, 4.69) is 35.1 Å². The van der Waals surface area contributed by atoms with E-state index in [-0.39, 0.29) is 5.41 Å². The maximum atomic E-state index is 4.53. The lowest BCUT2D eigenvalue weighted by atomic mass is 9.96. The van der Waals surface area contributed by atoms with Crippen LogP contribution >= 0.6 is 23.3 Å². The van der Waals surface area contributed by atoms with Crippen LogP contribution in [0.4, 0.5) is 0 Å². The Balaban J connectivity index is 2.15. The summed E-state index contributed by atoms with van der Waals surface area (Å²) in [6, 6.07) is 3.95. The molecule has 0 aliphatic heterocycles. The molecular weight excluding hydrogens is 238 g/mol. The highest BCUT2D eigenvalue weighted by molar-refractivity contribution is 8.01. The molecule has 2 aromatic rings. The van der Waals surface area contributed by atoms with Crippen molar-refractivity contribution in [1.29, 1.82) is 0 Å². The van der Waals surface area contributed by atoms with E-state index in [0.717, 1.165) is 15.1 Å². The molecule has 0 N–H and O–H groups in total. The molecule has 0 radical (unpaired) electrons. The van der Waals surface area contributed by atoms with E-state index in [1.54, 1.807) is 24.2 Å². The number of hydrogen-bond donors (Lipinski definition) is 0. The molecule has 2 heterocycles. The molecule has 5 heteroatoms. The molecule has 0 atom stereocenters. The van der Waals surface area contributed by atoms with E-state index < -0.39 is 0 Å². The Morgan fingerprint density at radius 1 is 1.19 bits per heavy atom. The van der Waals surface area contributed by atoms with Crippen molar-refractivity contribution in [2.75, 3.05) is 0 Å². The molecular formula is C11H13N3S2. The molecule has 0 saturated carbocycles. The van der Waals surface area contributed by atoms with Crippen molar-refractivity contribution in [2.24, 2.45) is 0 Å². The molecule has 0 amide bonds. The lowest BCUT2D eigenvalue weighted by molar-refractivity contribution is 0.551. The van der Waals surface area contributed by atoms with Gasteiger partial charge in [-0.1, -0.05) is 32.5 Å². The average Bonchev–Trinajstić information content (AvgIpc) is 2.67. The molecule has 0 aromatic carbocycles. The van der Waals surface area contributed by atoms with Gasteiger partial charge in [0.05, 0.1) is 0 Å². The molecule has 0 bridgehead atoms. The summed E-state index contributed by atoms with van der Waals surface area (Å²) in [4.78, 5) is 9.66. The summed E-state index contributed by atoms with van der Waals surface area (Å²) >= 11 is 3.08. The SMILES string of the molecule is CC(C)(C)c1nsc(Sc2ccncc2)n1. The van der Waals surface area contributed by atoms with Gasteiger partial charge in [-0.25, -0.2) is 4.98 Å². The van der Waals surface area contributed by atoms with E-state index in [1.807, 2.05) is 12.1 Å². The van der Waals surface area contributed by atoms with Crippen molar-refractivity contribution in [3.05, 3.63) is 30.4 Å². The molecule has 16 heavy (non-hydrogen) atoms. The smallest absolute Gasteiger partial charge is 0.174 e. The Morgan fingerprint density at radius 2 is 1.88 bits per heavy atom. The molecule has 0 unspecified atom stereocenters. The zero-order valence-electron chi connectivity index (χ0n) is 9.47. The van der Waals surface area contributed by atoms with Crippen LogP contribution < -0.4 is 0 Å². The Morgan fingerprint density at radius 3 is 2.44 bits per heavy atom. The summed E-state index contributed by atoms with van der Waals surface area (Å²) in [6.07, 6.45) is 3.57. The van der Waals surface area contributed by atoms with Crippen LogP contribution in [0.15, 0.2) is 33.8 Å². The molecule has 2 aromatic heterocycles. The first-order valence-electron chi connectivity index (χ1n) is 4.98. The van der Waals surface area contributed by atoms with E-state index in [0.29, 0.717) is 0 Å². The zero-order valence-corrected chi connectivity index (χ0v) is 11.1. The van der Waals surface area contributed by atoms with Gasteiger partial charge in [0.15, 0.2) is 4.34 Å². The van der Waals surface area contributed by atoms with Crippen molar-refractivity contribution in [2.45, 2.75) is 35.4 Å². The normalized spacial score (nSPS) is 11.7. The average molecular weight is 251 g/mol. The largest absolute Gasteiger partial charge is 0.265 e. The second kappa shape index (κ2) is 4.51. The third kappa shape index (κ3) is 2.80. The van der Waals surface area contributed by atoms with Crippen LogP contribution in [0.3, 0.4) is 0 Å². The fourth-order valence-corrected chi connectivity index (χ4v) is 2.81. The molecule has 0 aliphatic carbocycles. The van der Waals surface area contributed by atoms with Crippen molar-refractivity contribution in [3.63, 3.8) is 0 Å². The van der Waals surface area contributed by atoms with E-state index in [9.17, 15) is 0 Å². The predicted molar refractivity (Wildman–Crippen MR) is 67.0 cm³/mol. The minimum Gasteiger partial charge on any atom is -0.265 e. The van der Waals surface area contributed by atoms with Gasteiger partial charge in [-0.15, -0.1) is 0 Å². The van der Waals surface area contributed by atoms with Crippen molar-refractivity contribution in [1.82, 2.24) is 14.3 Å². The summed E-state index contributed by atoms with van der Waals surface area (Å²) in [5, 5.41) is 0. The highest BCUT2D eigenvalue weighted by Crippen LogP contribution is 2.30. The first kappa shape index (κ1) is 11.5. The fourth-order valence-electron chi connectivity index (χ4n) is 1.06. The maximum Gasteiger partial charge on any atom is 0.174 e. The topological polar surface area (TPSA) is 38.7 Å². The predicted octanol–water partition coefficient (Wildman–Crippen LogP) is 3.38. The summed E-state index contributed by atoms with van der Waals surface area (Å²) in [6.45, 7) is 6.36. The van der Waals surface area contributed by atoms with E-state index in [4.69, 9.17) is 0 Å². The van der Waals surface area contributed by atoms with Crippen LogP contribution in [-0.2, 0) is 5.41 Å². The summed E-state index contributed by atoms with van der Waals surface area (Å²) in [5.74, 6) is 0.911. The van der Waals surface area contributed by atoms with Crippen molar-refractivity contribution in [3.8, 4) is 0 Å². The molecule has 2 rings (SSSR count). The molecule has 0 spiro atoms. The monoisotopic (exact) mass is 251 g/mol. The van der Waals surface area contributed by atoms with Gasteiger partial charge in [-0.05, 0) is 23.7 Å². The third-order valence-corrected chi connectivity index (χ3v) is 3.69. The number of hydrogen-bond acceptors (Lipinski definition) is 5. The number of nitrogens with zero attached hydrogens (tertiary/aromatic N) is 3. The van der Waals surface area contributed by atoms with Crippen LogP contribution in [0.5, 0.6) is 0 Å². The van der Waals surface area contributed by atoms with E-state index >= 15 is 0 Å². The Hall–Kier alpha value is -0.940. The van der Waals surface area contributed by atoms with Gasteiger partial charge in [0.25, 0.3) is 0 Å². The summed E-state index contributed by atoms with van der Waals surface area (Å²) in [7, 11) is 0. The Labute approximate surface area is 104 Å². The standard InChI is InChI=1S/C11H13N3S2/c1-11(2,3)9-13-10(16-14-9)15-8-4-6-12-7-5-8/h4-7H,1-3H3. The van der Waals surface area contributed by atoms with Crippen LogP contribution in [-0.4, -0.2) is 14.3 Å². The summed E-state index contributed by atoms with van der Waals surface area (Å²) < 4.78 is 5.36. The number of rotatable bonds is 2. The van der Waals surface area contributed by atoms with E-state index in [1.165, 1.54) is 11.5 Å². The zero-order chi connectivity index (χ0) is 11.6. The molecule has 0 aliphatic rings. The quantitative estimate of drug-likeness (QED) is 0.820. The van der Waals surface area contributed by atoms with Gasteiger partial charge in [0, 0.05) is 22.7 Å². The van der Waals surface area contributed by atoms with Crippen molar-refractivity contribution < 1.29 is 0 Å². The van der Waals surface area contributed by atoms with Crippen LogP contribution in [0.1, 0.15) is 26.6 Å². The lowest BCUT2D eigenvalue weighted by Crippen LogP contribution is -2.12. The Bertz CT molecular complexity index is 460. The maximum absolute atomic E-state index is 4.53. The van der Waals surface area contributed by atoms with Crippen molar-refractivity contribution >= 4 is 23.3 Å². The number of pyridine rings is 1. The minimum absolute atomic E-state index is 0.0214. The minimum atomic E-state index is 0.0214. The van der Waals surface area contributed by atoms with Gasteiger partial charge in [-0.3, -0.25) is 4.98 Å².